The van der Waals surface area contributed by atoms with Crippen LogP contribution in [0.4, 0.5) is 17.2 Å². The molecule has 1 amide bonds. The van der Waals surface area contributed by atoms with Crippen molar-refractivity contribution in [3.05, 3.63) is 66.1 Å². The highest BCUT2D eigenvalue weighted by molar-refractivity contribution is 5.77. The van der Waals surface area contributed by atoms with Crippen molar-refractivity contribution in [2.24, 2.45) is 11.7 Å². The van der Waals surface area contributed by atoms with Gasteiger partial charge < -0.3 is 20.4 Å². The van der Waals surface area contributed by atoms with Crippen LogP contribution < -0.4 is 15.5 Å². The Morgan fingerprint density at radius 1 is 1.16 bits per heavy atom. The molecule has 2 saturated heterocycles. The van der Waals surface area contributed by atoms with Crippen LogP contribution in [-0.4, -0.2) is 58.8 Å². The molecule has 9 nitrogen and oxygen atoms in total. The number of anilines is 3. The molecule has 9 heteroatoms. The fourth-order valence-electron chi connectivity index (χ4n) is 5.29. The van der Waals surface area contributed by atoms with E-state index in [1.165, 1.54) is 0 Å². The third kappa shape index (κ3) is 5.75. The average molecular weight is 499 g/mol. The van der Waals surface area contributed by atoms with Crippen LogP contribution in [0.1, 0.15) is 42.9 Å². The molecule has 2 aliphatic rings. The van der Waals surface area contributed by atoms with Crippen LogP contribution in [0.15, 0.2) is 55.0 Å². The van der Waals surface area contributed by atoms with E-state index < -0.39 is 0 Å². The Hall–Kier alpha value is -3.90. The number of nitrogens with zero attached hydrogens (tertiary/aromatic N) is 7. The lowest BCUT2D eigenvalue weighted by molar-refractivity contribution is -0.122. The molecule has 192 valence electrons. The van der Waals surface area contributed by atoms with Gasteiger partial charge in [-0.1, -0.05) is 12.1 Å². The van der Waals surface area contributed by atoms with Gasteiger partial charge >= 0.3 is 0 Å². The van der Waals surface area contributed by atoms with Crippen LogP contribution in [0.2, 0.25) is 0 Å². The van der Waals surface area contributed by atoms with Crippen LogP contribution in [-0.2, 0) is 11.3 Å². The van der Waals surface area contributed by atoms with Crippen LogP contribution in [0.5, 0.6) is 0 Å². The maximum Gasteiger partial charge on any atom is 0.222 e. The molecule has 4 heterocycles. The third-order valence-electron chi connectivity index (χ3n) is 7.58. The van der Waals surface area contributed by atoms with Crippen molar-refractivity contribution in [2.45, 2.75) is 38.3 Å². The number of carbonyl (C=O) groups excluding carboxylic acids is 1. The van der Waals surface area contributed by atoms with E-state index in [2.05, 4.69) is 44.8 Å². The number of hydrogen-bond donors (Lipinski definition) is 1. The maximum absolute atomic E-state index is 11.8. The van der Waals surface area contributed by atoms with Crippen LogP contribution in [0.3, 0.4) is 0 Å². The Balaban J connectivity index is 1.44. The number of aromatic nitrogens is 3. The first kappa shape index (κ1) is 24.8. The molecule has 2 aromatic heterocycles. The second kappa shape index (κ2) is 11.0. The number of likely N-dealkylation sites (tertiary alicyclic amines) is 1. The van der Waals surface area contributed by atoms with Gasteiger partial charge in [-0.15, -0.1) is 0 Å². The summed E-state index contributed by atoms with van der Waals surface area (Å²) in [4.78, 5) is 23.3. The molecule has 2 aliphatic heterocycles. The number of hydrogen-bond acceptors (Lipinski definition) is 7. The minimum Gasteiger partial charge on any atom is -0.371 e. The Kier molecular flexibility index (Phi) is 7.37. The Morgan fingerprint density at radius 3 is 2.68 bits per heavy atom. The zero-order chi connectivity index (χ0) is 25.8. The summed E-state index contributed by atoms with van der Waals surface area (Å²) in [7, 11) is 2.16. The molecule has 5 rings (SSSR count). The Bertz CT molecular complexity index is 1260. The smallest absolute Gasteiger partial charge is 0.222 e. The molecule has 3 aromatic rings. The fourth-order valence-corrected chi connectivity index (χ4v) is 5.29. The monoisotopic (exact) mass is 498 g/mol. The first-order valence-electron chi connectivity index (χ1n) is 13.0. The SMILES string of the molecule is CN1CCC(n2cc(N(Cc3ccc(C#N)cc3)c3cc(N4CCCC(C(N)=O)C4)ccn3)cn2)CC1. The molecule has 1 aromatic carbocycles. The molecule has 0 spiro atoms. The predicted octanol–water partition coefficient (Wildman–Crippen LogP) is 3.46. The van der Waals surface area contributed by atoms with E-state index >= 15 is 0 Å². The number of amides is 1. The molecular weight excluding hydrogens is 464 g/mol. The number of benzene rings is 1. The normalized spacial score (nSPS) is 18.9. The average Bonchev–Trinajstić information content (AvgIpc) is 3.42. The minimum atomic E-state index is -0.234. The maximum atomic E-state index is 11.8. The summed E-state index contributed by atoms with van der Waals surface area (Å²) in [5.74, 6) is 0.446. The topological polar surface area (TPSA) is 107 Å². The highest BCUT2D eigenvalue weighted by atomic mass is 16.1. The predicted molar refractivity (Wildman–Crippen MR) is 143 cm³/mol. The summed E-state index contributed by atoms with van der Waals surface area (Å²) in [5.41, 5.74) is 9.34. The molecule has 37 heavy (non-hydrogen) atoms. The largest absolute Gasteiger partial charge is 0.371 e. The summed E-state index contributed by atoms with van der Waals surface area (Å²) in [6.45, 7) is 4.24. The van der Waals surface area contributed by atoms with E-state index in [0.29, 0.717) is 24.7 Å². The molecule has 1 atom stereocenters. The Labute approximate surface area is 218 Å². The van der Waals surface area contributed by atoms with Gasteiger partial charge in [0.1, 0.15) is 5.82 Å². The summed E-state index contributed by atoms with van der Waals surface area (Å²) < 4.78 is 2.10. The van der Waals surface area contributed by atoms with E-state index in [0.717, 1.165) is 68.1 Å². The van der Waals surface area contributed by atoms with Gasteiger partial charge in [-0.3, -0.25) is 9.48 Å². The number of piperidine rings is 2. The van der Waals surface area contributed by atoms with Gasteiger partial charge in [-0.25, -0.2) is 4.98 Å². The highest BCUT2D eigenvalue weighted by Gasteiger charge is 2.25. The zero-order valence-corrected chi connectivity index (χ0v) is 21.3. The minimum absolute atomic E-state index is 0.132. The first-order valence-corrected chi connectivity index (χ1v) is 13.0. The second-order valence-corrected chi connectivity index (χ2v) is 10.2. The molecule has 0 radical (unpaired) electrons. The third-order valence-corrected chi connectivity index (χ3v) is 7.58. The molecule has 2 N–H and O–H groups in total. The number of primary amides is 1. The zero-order valence-electron chi connectivity index (χ0n) is 21.3. The first-order chi connectivity index (χ1) is 18.0. The van der Waals surface area contributed by atoms with Gasteiger partial charge in [0.15, 0.2) is 0 Å². The van der Waals surface area contributed by atoms with Crippen molar-refractivity contribution >= 4 is 23.1 Å². The molecule has 0 saturated carbocycles. The van der Waals surface area contributed by atoms with E-state index in [1.54, 1.807) is 0 Å². The number of nitrogens with two attached hydrogens (primary N) is 1. The van der Waals surface area contributed by atoms with Gasteiger partial charge in [-0.05, 0) is 69.6 Å². The molecule has 0 aliphatic carbocycles. The fraction of sp³-hybridized carbons (Fsp3) is 0.429. The second-order valence-electron chi connectivity index (χ2n) is 10.2. The quantitative estimate of drug-likeness (QED) is 0.532. The summed E-state index contributed by atoms with van der Waals surface area (Å²) in [6, 6.07) is 14.3. The van der Waals surface area contributed by atoms with Crippen molar-refractivity contribution in [3.8, 4) is 6.07 Å². The standard InChI is InChI=1S/C28H34N8O/c1-33-13-9-24(10-14-33)36-20-26(17-32-36)35(18-22-6-4-21(16-29)5-7-22)27-15-25(8-11-31-27)34-12-2-3-23(19-34)28(30)37/h4-8,11,15,17,20,23-24H,2-3,9-10,12-14,18-19H2,1H3,(H2,30,37). The van der Waals surface area contributed by atoms with Gasteiger partial charge in [0.05, 0.1) is 35.5 Å². The molecular formula is C28H34N8O. The summed E-state index contributed by atoms with van der Waals surface area (Å²) >= 11 is 0. The van der Waals surface area contributed by atoms with Crippen molar-refractivity contribution in [3.63, 3.8) is 0 Å². The van der Waals surface area contributed by atoms with Gasteiger partial charge in [0.2, 0.25) is 5.91 Å². The van der Waals surface area contributed by atoms with Crippen molar-refractivity contribution in [1.82, 2.24) is 19.7 Å². The lowest BCUT2D eigenvalue weighted by atomic mass is 9.97. The lowest BCUT2D eigenvalue weighted by Gasteiger charge is -2.33. The molecule has 0 bridgehead atoms. The lowest BCUT2D eigenvalue weighted by Crippen LogP contribution is -2.41. The van der Waals surface area contributed by atoms with E-state index in [9.17, 15) is 10.1 Å². The number of pyridine rings is 1. The van der Waals surface area contributed by atoms with Crippen LogP contribution >= 0.6 is 0 Å². The highest BCUT2D eigenvalue weighted by Crippen LogP contribution is 2.32. The number of rotatable bonds is 7. The van der Waals surface area contributed by atoms with Crippen molar-refractivity contribution in [2.75, 3.05) is 43.0 Å². The van der Waals surface area contributed by atoms with E-state index in [4.69, 9.17) is 15.8 Å². The van der Waals surface area contributed by atoms with Crippen LogP contribution in [0.25, 0.3) is 0 Å². The van der Waals surface area contributed by atoms with E-state index in [1.807, 2.05) is 42.7 Å². The molecule has 2 fully saturated rings. The van der Waals surface area contributed by atoms with Gasteiger partial charge in [-0.2, -0.15) is 10.4 Å². The van der Waals surface area contributed by atoms with Crippen molar-refractivity contribution in [1.29, 1.82) is 5.26 Å². The molecule has 1 unspecified atom stereocenters. The van der Waals surface area contributed by atoms with Gasteiger partial charge in [0.25, 0.3) is 0 Å². The van der Waals surface area contributed by atoms with Gasteiger partial charge in [0, 0.05) is 43.8 Å². The van der Waals surface area contributed by atoms with Crippen LogP contribution in [0, 0.1) is 17.2 Å². The van der Waals surface area contributed by atoms with E-state index in [-0.39, 0.29) is 11.8 Å². The number of nitriles is 1. The Morgan fingerprint density at radius 2 is 1.95 bits per heavy atom. The number of carbonyl (C=O) groups is 1. The summed E-state index contributed by atoms with van der Waals surface area (Å²) in [6.07, 6.45) is 9.80. The summed E-state index contributed by atoms with van der Waals surface area (Å²) in [5, 5.41) is 13.9. The van der Waals surface area contributed by atoms with Crippen molar-refractivity contribution < 1.29 is 4.79 Å².